The number of rotatable bonds is 5. The Morgan fingerprint density at radius 1 is 1.10 bits per heavy atom. The fourth-order valence-corrected chi connectivity index (χ4v) is 5.88. The van der Waals surface area contributed by atoms with E-state index in [2.05, 4.69) is 19.1 Å². The van der Waals surface area contributed by atoms with Crippen molar-refractivity contribution in [2.75, 3.05) is 6.54 Å². The Balaban J connectivity index is 1.21. The van der Waals surface area contributed by atoms with Gasteiger partial charge in [-0.25, -0.2) is 18.7 Å². The third-order valence-corrected chi connectivity index (χ3v) is 8.22. The highest BCUT2D eigenvalue weighted by atomic mass is 19.1. The van der Waals surface area contributed by atoms with Crippen molar-refractivity contribution in [2.24, 2.45) is 5.73 Å². The summed E-state index contributed by atoms with van der Waals surface area (Å²) < 4.78 is 22.0. The Kier molecular flexibility index (Phi) is 5.43. The number of ether oxygens (including phenoxy) is 1. The highest BCUT2D eigenvalue weighted by molar-refractivity contribution is 5.93. The smallest absolute Gasteiger partial charge is 0.404 e. The zero-order chi connectivity index (χ0) is 26.8. The number of amides is 2. The van der Waals surface area contributed by atoms with Gasteiger partial charge in [0, 0.05) is 35.7 Å². The molecule has 8 nitrogen and oxygen atoms in total. The highest BCUT2D eigenvalue weighted by Gasteiger charge is 2.42. The van der Waals surface area contributed by atoms with Crippen LogP contribution < -0.4 is 5.73 Å². The number of benzene rings is 2. The average Bonchev–Trinajstić information content (AvgIpc) is 3.85. The minimum atomic E-state index is -0.819. The fraction of sp³-hybridized carbons (Fsp3) is 0.333. The van der Waals surface area contributed by atoms with Gasteiger partial charge in [-0.1, -0.05) is 30.3 Å². The number of carbonyl (C=O) groups is 2. The largest absolute Gasteiger partial charge is 0.446 e. The zero-order valence-corrected chi connectivity index (χ0v) is 21.5. The molecule has 2 aromatic heterocycles. The van der Waals surface area contributed by atoms with Gasteiger partial charge in [0.2, 0.25) is 0 Å². The summed E-state index contributed by atoms with van der Waals surface area (Å²) in [6.45, 7) is 2.69. The van der Waals surface area contributed by atoms with Gasteiger partial charge >= 0.3 is 6.09 Å². The van der Waals surface area contributed by atoms with Gasteiger partial charge < -0.3 is 15.4 Å². The lowest BCUT2D eigenvalue weighted by molar-refractivity contribution is 0.0671. The molecular formula is C30H28FN5O3. The molecule has 0 saturated heterocycles. The van der Waals surface area contributed by atoms with Crippen LogP contribution in [0.2, 0.25) is 0 Å². The molecule has 0 radical (unpaired) electrons. The number of nitrogens with two attached hydrogens (primary N) is 1. The van der Waals surface area contributed by atoms with Crippen molar-refractivity contribution in [1.29, 1.82) is 0 Å². The van der Waals surface area contributed by atoms with Crippen LogP contribution in [-0.4, -0.2) is 44.1 Å². The van der Waals surface area contributed by atoms with Gasteiger partial charge in [0.05, 0.1) is 11.7 Å². The van der Waals surface area contributed by atoms with E-state index in [1.165, 1.54) is 17.2 Å². The van der Waals surface area contributed by atoms with E-state index in [9.17, 15) is 9.59 Å². The standard InChI is InChI=1S/C30H28FN5O3/c1-16-20-5-3-2-4-17(20)10-11-35(16)29(37)25-14-26(18-6-7-18)36-28(33-25)15-24(34-36)21-9-8-19(12-23(21)31)22-13-27(22)39-30(32)38/h2-5,8-9,12,14-16,18,22,27H,6-7,10-11,13H2,1H3,(H2,32,38)/t16-,22?,27?/m1/s1. The first-order valence-electron chi connectivity index (χ1n) is 13.4. The average molecular weight is 526 g/mol. The molecule has 3 aliphatic rings. The van der Waals surface area contributed by atoms with Crippen molar-refractivity contribution < 1.29 is 18.7 Å². The van der Waals surface area contributed by atoms with Crippen LogP contribution in [0.5, 0.6) is 0 Å². The molecule has 2 aliphatic carbocycles. The predicted octanol–water partition coefficient (Wildman–Crippen LogP) is 5.12. The van der Waals surface area contributed by atoms with E-state index in [1.54, 1.807) is 16.6 Å². The summed E-state index contributed by atoms with van der Waals surface area (Å²) in [7, 11) is 0. The van der Waals surface area contributed by atoms with Crippen molar-refractivity contribution in [3.05, 3.63) is 88.5 Å². The lowest BCUT2D eigenvalue weighted by atomic mass is 9.93. The molecule has 2 saturated carbocycles. The summed E-state index contributed by atoms with van der Waals surface area (Å²) in [5, 5.41) is 4.71. The molecule has 2 fully saturated rings. The van der Waals surface area contributed by atoms with Crippen LogP contribution in [0.1, 0.15) is 76.9 Å². The summed E-state index contributed by atoms with van der Waals surface area (Å²) in [6.07, 6.45) is 2.36. The Bertz CT molecular complexity index is 1650. The van der Waals surface area contributed by atoms with Crippen molar-refractivity contribution in [3.8, 4) is 11.3 Å². The normalized spacial score (nSPS) is 22.0. The number of primary amides is 1. The Morgan fingerprint density at radius 2 is 1.92 bits per heavy atom. The van der Waals surface area contributed by atoms with Crippen molar-refractivity contribution in [2.45, 2.75) is 56.6 Å². The van der Waals surface area contributed by atoms with Gasteiger partial charge in [0.15, 0.2) is 5.65 Å². The summed E-state index contributed by atoms with van der Waals surface area (Å²) in [4.78, 5) is 31.3. The van der Waals surface area contributed by atoms with Gasteiger partial charge in [-0.05, 0) is 67.5 Å². The maximum atomic E-state index is 15.3. The number of carbonyl (C=O) groups excluding carboxylic acids is 2. The highest BCUT2D eigenvalue weighted by Crippen LogP contribution is 2.44. The van der Waals surface area contributed by atoms with Crippen LogP contribution in [0.4, 0.5) is 9.18 Å². The molecule has 0 bridgehead atoms. The second kappa shape index (κ2) is 8.90. The van der Waals surface area contributed by atoms with Crippen LogP contribution in [0.25, 0.3) is 16.9 Å². The quantitative estimate of drug-likeness (QED) is 0.389. The Labute approximate surface area is 224 Å². The first-order valence-corrected chi connectivity index (χ1v) is 13.4. The van der Waals surface area contributed by atoms with E-state index in [0.29, 0.717) is 41.5 Å². The van der Waals surface area contributed by atoms with Crippen molar-refractivity contribution in [1.82, 2.24) is 19.5 Å². The SMILES string of the molecule is C[C@@H]1c2ccccc2CCN1C(=O)c1cc(C2CC2)n2nc(-c3ccc(C4CC4OC(N)=O)cc3F)cc2n1. The number of fused-ring (bicyclic) bond motifs is 2. The van der Waals surface area contributed by atoms with Crippen LogP contribution in [-0.2, 0) is 11.2 Å². The van der Waals surface area contributed by atoms with Crippen LogP contribution >= 0.6 is 0 Å². The number of hydrogen-bond donors (Lipinski definition) is 1. The fourth-order valence-electron chi connectivity index (χ4n) is 5.88. The number of hydrogen-bond acceptors (Lipinski definition) is 5. The Morgan fingerprint density at radius 3 is 2.69 bits per heavy atom. The van der Waals surface area contributed by atoms with Crippen LogP contribution in [0.3, 0.4) is 0 Å². The maximum Gasteiger partial charge on any atom is 0.404 e. The molecule has 2 unspecified atom stereocenters. The molecule has 2 amide bonds. The van der Waals surface area contributed by atoms with E-state index in [4.69, 9.17) is 20.6 Å². The summed E-state index contributed by atoms with van der Waals surface area (Å²) >= 11 is 0. The van der Waals surface area contributed by atoms with E-state index in [-0.39, 0.29) is 24.0 Å². The lowest BCUT2D eigenvalue weighted by Crippen LogP contribution is -2.39. The first kappa shape index (κ1) is 23.8. The molecule has 2 N–H and O–H groups in total. The summed E-state index contributed by atoms with van der Waals surface area (Å²) in [5.74, 6) is -0.260. The maximum absolute atomic E-state index is 15.3. The van der Waals surface area contributed by atoms with E-state index in [0.717, 1.165) is 30.5 Å². The van der Waals surface area contributed by atoms with Gasteiger partial charge in [-0.3, -0.25) is 4.79 Å². The molecule has 3 atom stereocenters. The van der Waals surface area contributed by atoms with Crippen LogP contribution in [0, 0.1) is 5.82 Å². The molecule has 4 aromatic rings. The molecule has 1 aliphatic heterocycles. The topological polar surface area (TPSA) is 103 Å². The summed E-state index contributed by atoms with van der Waals surface area (Å²) in [5.41, 5.74) is 11.0. The number of aromatic nitrogens is 3. The molecule has 39 heavy (non-hydrogen) atoms. The first-order chi connectivity index (χ1) is 18.9. The minimum absolute atomic E-state index is 0.0441. The van der Waals surface area contributed by atoms with E-state index >= 15 is 4.39 Å². The third kappa shape index (κ3) is 4.22. The predicted molar refractivity (Wildman–Crippen MR) is 142 cm³/mol. The zero-order valence-electron chi connectivity index (χ0n) is 21.5. The van der Waals surface area contributed by atoms with Gasteiger partial charge in [-0.2, -0.15) is 5.10 Å². The van der Waals surface area contributed by atoms with E-state index in [1.807, 2.05) is 29.2 Å². The van der Waals surface area contributed by atoms with Gasteiger partial charge in [0.25, 0.3) is 5.91 Å². The van der Waals surface area contributed by atoms with Gasteiger partial charge in [0.1, 0.15) is 17.6 Å². The molecule has 7 rings (SSSR count). The Hall–Kier alpha value is -4.27. The number of halogens is 1. The molecule has 198 valence electrons. The second-order valence-electron chi connectivity index (χ2n) is 10.8. The molecule has 9 heteroatoms. The minimum Gasteiger partial charge on any atom is -0.446 e. The molecule has 2 aromatic carbocycles. The molecule has 3 heterocycles. The molecule has 0 spiro atoms. The van der Waals surface area contributed by atoms with E-state index < -0.39 is 11.9 Å². The molecular weight excluding hydrogens is 497 g/mol. The number of nitrogens with zero attached hydrogens (tertiary/aromatic N) is 4. The van der Waals surface area contributed by atoms with Crippen molar-refractivity contribution >= 4 is 17.6 Å². The second-order valence-corrected chi connectivity index (χ2v) is 10.8. The summed E-state index contributed by atoms with van der Waals surface area (Å²) in [6, 6.07) is 16.8. The van der Waals surface area contributed by atoms with Crippen LogP contribution in [0.15, 0.2) is 54.6 Å². The lowest BCUT2D eigenvalue weighted by Gasteiger charge is -2.35. The van der Waals surface area contributed by atoms with Gasteiger partial charge in [-0.15, -0.1) is 0 Å². The third-order valence-electron chi connectivity index (χ3n) is 8.22. The van der Waals surface area contributed by atoms with Crippen molar-refractivity contribution in [3.63, 3.8) is 0 Å². The monoisotopic (exact) mass is 525 g/mol.